The van der Waals surface area contributed by atoms with Crippen LogP contribution in [0.2, 0.25) is 0 Å². The summed E-state index contributed by atoms with van der Waals surface area (Å²) in [6.07, 6.45) is 7.02. The lowest BCUT2D eigenvalue weighted by atomic mass is 9.82. The van der Waals surface area contributed by atoms with Crippen LogP contribution in [0.1, 0.15) is 46.0 Å². The Balaban J connectivity index is 1.73. The highest BCUT2D eigenvalue weighted by molar-refractivity contribution is 4.82. The highest BCUT2D eigenvalue weighted by Gasteiger charge is 2.26. The van der Waals surface area contributed by atoms with Crippen molar-refractivity contribution in [2.45, 2.75) is 52.0 Å². The van der Waals surface area contributed by atoms with Crippen LogP contribution >= 0.6 is 0 Å². The van der Waals surface area contributed by atoms with E-state index < -0.39 is 0 Å². The van der Waals surface area contributed by atoms with Crippen LogP contribution in [-0.4, -0.2) is 30.6 Å². The van der Waals surface area contributed by atoms with Gasteiger partial charge in [-0.05, 0) is 43.6 Å². The average Bonchev–Trinajstić information content (AvgIpc) is 2.27. The molecule has 0 amide bonds. The Bertz CT molecular complexity index is 209. The largest absolute Gasteiger partial charge is 0.327 e. The van der Waals surface area contributed by atoms with Crippen LogP contribution in [0.3, 0.4) is 0 Å². The summed E-state index contributed by atoms with van der Waals surface area (Å²) in [5, 5.41) is 0. The van der Waals surface area contributed by atoms with Gasteiger partial charge in [0.2, 0.25) is 0 Å². The monoisotopic (exact) mass is 224 g/mol. The summed E-state index contributed by atoms with van der Waals surface area (Å²) < 4.78 is 0. The van der Waals surface area contributed by atoms with E-state index >= 15 is 0 Å². The van der Waals surface area contributed by atoms with E-state index in [0.717, 1.165) is 11.8 Å². The van der Waals surface area contributed by atoms with Crippen molar-refractivity contribution in [3.63, 3.8) is 0 Å². The third-order valence-electron chi connectivity index (χ3n) is 4.71. The van der Waals surface area contributed by atoms with Crippen LogP contribution in [-0.2, 0) is 0 Å². The van der Waals surface area contributed by atoms with Crippen molar-refractivity contribution in [1.82, 2.24) is 4.90 Å². The molecule has 0 aromatic carbocycles. The molecule has 2 aliphatic rings. The summed E-state index contributed by atoms with van der Waals surface area (Å²) in [7, 11) is 0. The van der Waals surface area contributed by atoms with Crippen molar-refractivity contribution in [2.75, 3.05) is 19.6 Å². The van der Waals surface area contributed by atoms with Gasteiger partial charge in [0.05, 0.1) is 0 Å². The quantitative estimate of drug-likeness (QED) is 0.781. The minimum atomic E-state index is 0.447. The van der Waals surface area contributed by atoms with Gasteiger partial charge in [-0.3, -0.25) is 0 Å². The number of likely N-dealkylation sites (tertiary alicyclic amines) is 1. The standard InChI is InChI=1S/C14H28N2/c1-11-3-5-13(6-4-11)10-16-8-7-14(15)12(2)9-16/h11-14H,3-10,15H2,1-2H3. The molecular formula is C14H28N2. The molecule has 2 fully saturated rings. The van der Waals surface area contributed by atoms with Gasteiger partial charge in [0.1, 0.15) is 0 Å². The summed E-state index contributed by atoms with van der Waals surface area (Å²) in [6, 6.07) is 0.447. The van der Waals surface area contributed by atoms with Gasteiger partial charge in [-0.25, -0.2) is 0 Å². The Hall–Kier alpha value is -0.0800. The van der Waals surface area contributed by atoms with E-state index in [1.165, 1.54) is 51.7 Å². The second-order valence-electron chi connectivity index (χ2n) is 6.32. The molecule has 1 saturated carbocycles. The fraction of sp³-hybridized carbons (Fsp3) is 1.00. The maximum atomic E-state index is 6.07. The first-order valence-corrected chi connectivity index (χ1v) is 7.13. The van der Waals surface area contributed by atoms with Crippen LogP contribution in [0.25, 0.3) is 0 Å². The van der Waals surface area contributed by atoms with E-state index in [1.54, 1.807) is 0 Å². The zero-order valence-corrected chi connectivity index (χ0v) is 11.0. The number of rotatable bonds is 2. The first-order chi connectivity index (χ1) is 7.65. The van der Waals surface area contributed by atoms with Gasteiger partial charge in [0, 0.05) is 19.1 Å². The van der Waals surface area contributed by atoms with Gasteiger partial charge < -0.3 is 10.6 Å². The Kier molecular flexibility index (Phi) is 4.26. The highest BCUT2D eigenvalue weighted by atomic mass is 15.1. The summed E-state index contributed by atoms with van der Waals surface area (Å²) in [6.45, 7) is 8.51. The Morgan fingerprint density at radius 1 is 1.06 bits per heavy atom. The molecule has 2 heteroatoms. The Morgan fingerprint density at radius 3 is 2.38 bits per heavy atom. The van der Waals surface area contributed by atoms with Gasteiger partial charge in [-0.1, -0.05) is 26.7 Å². The molecule has 2 nitrogen and oxygen atoms in total. The van der Waals surface area contributed by atoms with Gasteiger partial charge in [0.15, 0.2) is 0 Å². The molecule has 0 bridgehead atoms. The molecule has 94 valence electrons. The third-order valence-corrected chi connectivity index (χ3v) is 4.71. The lowest BCUT2D eigenvalue weighted by Gasteiger charge is -2.38. The van der Waals surface area contributed by atoms with E-state index in [-0.39, 0.29) is 0 Å². The number of nitrogens with two attached hydrogens (primary N) is 1. The lowest BCUT2D eigenvalue weighted by Crippen LogP contribution is -2.47. The van der Waals surface area contributed by atoms with E-state index in [2.05, 4.69) is 18.7 Å². The molecule has 0 radical (unpaired) electrons. The first kappa shape index (κ1) is 12.4. The van der Waals surface area contributed by atoms with Crippen LogP contribution in [0, 0.1) is 17.8 Å². The minimum absolute atomic E-state index is 0.447. The predicted molar refractivity (Wildman–Crippen MR) is 69.3 cm³/mol. The highest BCUT2D eigenvalue weighted by Crippen LogP contribution is 2.29. The normalized spacial score (nSPS) is 42.2. The SMILES string of the molecule is CC1CCC(CN2CCC(N)C(C)C2)CC1. The molecule has 2 N–H and O–H groups in total. The minimum Gasteiger partial charge on any atom is -0.327 e. The molecule has 16 heavy (non-hydrogen) atoms. The number of piperidine rings is 1. The second kappa shape index (κ2) is 5.50. The smallest absolute Gasteiger partial charge is 0.00889 e. The molecule has 1 aliphatic carbocycles. The van der Waals surface area contributed by atoms with Crippen molar-refractivity contribution in [3.05, 3.63) is 0 Å². The molecule has 0 aromatic heterocycles. The van der Waals surface area contributed by atoms with Crippen molar-refractivity contribution in [2.24, 2.45) is 23.5 Å². The maximum Gasteiger partial charge on any atom is 0.00889 e. The van der Waals surface area contributed by atoms with E-state index in [9.17, 15) is 0 Å². The topological polar surface area (TPSA) is 29.3 Å². The van der Waals surface area contributed by atoms with E-state index in [1.807, 2.05) is 0 Å². The van der Waals surface area contributed by atoms with Crippen molar-refractivity contribution < 1.29 is 0 Å². The lowest BCUT2D eigenvalue weighted by molar-refractivity contribution is 0.124. The van der Waals surface area contributed by atoms with Gasteiger partial charge in [-0.15, -0.1) is 0 Å². The Labute approximate surface area is 101 Å². The molecule has 2 rings (SSSR count). The number of nitrogens with zero attached hydrogens (tertiary/aromatic N) is 1. The second-order valence-corrected chi connectivity index (χ2v) is 6.32. The zero-order valence-electron chi connectivity index (χ0n) is 11.0. The van der Waals surface area contributed by atoms with Crippen molar-refractivity contribution in [3.8, 4) is 0 Å². The molecule has 0 aromatic rings. The molecule has 2 unspecified atom stereocenters. The molecule has 1 saturated heterocycles. The van der Waals surface area contributed by atoms with Gasteiger partial charge in [-0.2, -0.15) is 0 Å². The van der Waals surface area contributed by atoms with Crippen molar-refractivity contribution >= 4 is 0 Å². The van der Waals surface area contributed by atoms with Crippen molar-refractivity contribution in [1.29, 1.82) is 0 Å². The molecule has 1 heterocycles. The van der Waals surface area contributed by atoms with Crippen LogP contribution in [0.15, 0.2) is 0 Å². The third kappa shape index (κ3) is 3.21. The fourth-order valence-electron chi connectivity index (χ4n) is 3.29. The summed E-state index contributed by atoms with van der Waals surface area (Å²) in [5.41, 5.74) is 6.07. The predicted octanol–water partition coefficient (Wildman–Crippen LogP) is 2.48. The average molecular weight is 224 g/mol. The molecule has 1 aliphatic heterocycles. The van der Waals surface area contributed by atoms with Gasteiger partial charge in [0.25, 0.3) is 0 Å². The van der Waals surface area contributed by atoms with Crippen LogP contribution in [0.4, 0.5) is 0 Å². The van der Waals surface area contributed by atoms with E-state index in [0.29, 0.717) is 12.0 Å². The molecule has 2 atom stereocenters. The van der Waals surface area contributed by atoms with E-state index in [4.69, 9.17) is 5.73 Å². The summed E-state index contributed by atoms with van der Waals surface area (Å²) in [5.74, 6) is 2.64. The first-order valence-electron chi connectivity index (χ1n) is 7.13. The fourth-order valence-corrected chi connectivity index (χ4v) is 3.29. The van der Waals surface area contributed by atoms with Crippen LogP contribution < -0.4 is 5.73 Å². The zero-order chi connectivity index (χ0) is 11.5. The number of hydrogen-bond donors (Lipinski definition) is 1. The Morgan fingerprint density at radius 2 is 1.75 bits per heavy atom. The number of hydrogen-bond acceptors (Lipinski definition) is 2. The van der Waals surface area contributed by atoms with Crippen LogP contribution in [0.5, 0.6) is 0 Å². The summed E-state index contributed by atoms with van der Waals surface area (Å²) in [4.78, 5) is 2.66. The van der Waals surface area contributed by atoms with Gasteiger partial charge >= 0.3 is 0 Å². The molecular weight excluding hydrogens is 196 g/mol. The summed E-state index contributed by atoms with van der Waals surface area (Å²) >= 11 is 0. The maximum absolute atomic E-state index is 6.07. The molecule has 0 spiro atoms.